The Morgan fingerprint density at radius 2 is 1.74 bits per heavy atom. The molecule has 118 valence electrons. The Balaban J connectivity index is 2.17. The normalized spacial score (nSPS) is 11.0. The second-order valence-electron chi connectivity index (χ2n) is 5.83. The summed E-state index contributed by atoms with van der Waals surface area (Å²) >= 11 is 0. The highest BCUT2D eigenvalue weighted by atomic mass is 16.3. The van der Waals surface area contributed by atoms with Gasteiger partial charge in [-0.2, -0.15) is 0 Å². The van der Waals surface area contributed by atoms with E-state index in [0.29, 0.717) is 5.56 Å². The fourth-order valence-electron chi connectivity index (χ4n) is 2.92. The maximum absolute atomic E-state index is 13.0. The van der Waals surface area contributed by atoms with Gasteiger partial charge < -0.3 is 9.67 Å². The summed E-state index contributed by atoms with van der Waals surface area (Å²) in [5.41, 5.74) is 2.53. The van der Waals surface area contributed by atoms with Crippen LogP contribution in [0.25, 0.3) is 22.0 Å². The Morgan fingerprint density at radius 1 is 1.00 bits per heavy atom. The highest BCUT2D eigenvalue weighted by Gasteiger charge is 2.10. The van der Waals surface area contributed by atoms with Gasteiger partial charge in [0.15, 0.2) is 0 Å². The number of aryl methyl sites for hydroxylation is 1. The molecule has 2 aromatic carbocycles. The van der Waals surface area contributed by atoms with E-state index in [9.17, 15) is 9.90 Å². The molecule has 3 nitrogen and oxygen atoms in total. The summed E-state index contributed by atoms with van der Waals surface area (Å²) in [6.07, 6.45) is 3.24. The monoisotopic (exact) mass is 307 g/mol. The van der Waals surface area contributed by atoms with E-state index >= 15 is 0 Å². The molecule has 0 aliphatic heterocycles. The molecule has 3 heteroatoms. The molecule has 0 atom stereocenters. The molecule has 3 rings (SSSR count). The lowest BCUT2D eigenvalue weighted by Crippen LogP contribution is -2.22. The predicted octanol–water partition coefficient (Wildman–Crippen LogP) is 4.56. The summed E-state index contributed by atoms with van der Waals surface area (Å²) in [5, 5.41) is 10.5. The molecule has 0 spiro atoms. The Kier molecular flexibility index (Phi) is 4.47. The second kappa shape index (κ2) is 6.69. The molecular formula is C20H21NO2. The molecule has 0 amide bonds. The van der Waals surface area contributed by atoms with Crippen LogP contribution >= 0.6 is 0 Å². The van der Waals surface area contributed by atoms with Crippen LogP contribution in [-0.4, -0.2) is 9.67 Å². The lowest BCUT2D eigenvalue weighted by atomic mass is 10.0. The predicted molar refractivity (Wildman–Crippen MR) is 94.8 cm³/mol. The number of pyridine rings is 1. The zero-order valence-electron chi connectivity index (χ0n) is 13.3. The number of fused-ring (bicyclic) bond motifs is 1. The van der Waals surface area contributed by atoms with Gasteiger partial charge in [-0.25, -0.2) is 0 Å². The smallest absolute Gasteiger partial charge is 0.258 e. The number of aromatic nitrogens is 1. The van der Waals surface area contributed by atoms with Crippen molar-refractivity contribution in [3.8, 4) is 16.9 Å². The van der Waals surface area contributed by atoms with Crippen LogP contribution in [0.4, 0.5) is 0 Å². The molecule has 1 aromatic heterocycles. The van der Waals surface area contributed by atoms with Crippen molar-refractivity contribution in [3.05, 3.63) is 65.0 Å². The first-order valence-electron chi connectivity index (χ1n) is 8.12. The van der Waals surface area contributed by atoms with Crippen LogP contribution in [0.3, 0.4) is 0 Å². The van der Waals surface area contributed by atoms with Crippen LogP contribution in [0.1, 0.15) is 26.2 Å². The van der Waals surface area contributed by atoms with Crippen LogP contribution in [0.5, 0.6) is 5.75 Å². The van der Waals surface area contributed by atoms with Gasteiger partial charge in [-0.15, -0.1) is 0 Å². The Bertz CT molecular complexity index is 863. The molecule has 0 unspecified atom stereocenters. The van der Waals surface area contributed by atoms with Crippen LogP contribution in [0.2, 0.25) is 0 Å². The Morgan fingerprint density at radius 3 is 2.48 bits per heavy atom. The average molecular weight is 307 g/mol. The van der Waals surface area contributed by atoms with Crippen molar-refractivity contribution in [2.24, 2.45) is 0 Å². The number of aromatic hydroxyl groups is 1. The number of para-hydroxylation sites is 1. The van der Waals surface area contributed by atoms with E-state index in [1.807, 2.05) is 34.9 Å². The van der Waals surface area contributed by atoms with E-state index in [1.165, 1.54) is 0 Å². The maximum Gasteiger partial charge on any atom is 0.258 e. The van der Waals surface area contributed by atoms with E-state index < -0.39 is 0 Å². The number of benzene rings is 2. The van der Waals surface area contributed by atoms with E-state index in [-0.39, 0.29) is 11.3 Å². The lowest BCUT2D eigenvalue weighted by molar-refractivity contribution is 0.475. The number of phenols is 1. The van der Waals surface area contributed by atoms with Crippen molar-refractivity contribution in [2.45, 2.75) is 32.7 Å². The third-order valence-corrected chi connectivity index (χ3v) is 4.17. The Hall–Kier alpha value is -2.55. The van der Waals surface area contributed by atoms with Crippen LogP contribution in [0, 0.1) is 0 Å². The summed E-state index contributed by atoms with van der Waals surface area (Å²) in [6.45, 7) is 2.90. The molecule has 3 aromatic rings. The second-order valence-corrected chi connectivity index (χ2v) is 5.83. The van der Waals surface area contributed by atoms with E-state index in [2.05, 4.69) is 6.92 Å². The first kappa shape index (κ1) is 15.3. The van der Waals surface area contributed by atoms with Crippen molar-refractivity contribution in [2.75, 3.05) is 0 Å². The van der Waals surface area contributed by atoms with Crippen LogP contribution < -0.4 is 5.56 Å². The third kappa shape index (κ3) is 3.14. The fourth-order valence-corrected chi connectivity index (χ4v) is 2.92. The SMILES string of the molecule is CCCCCn1c(=O)c(-c2ccc(O)cc2)cc2ccccc21. The van der Waals surface area contributed by atoms with Gasteiger partial charge in [-0.05, 0) is 41.6 Å². The summed E-state index contributed by atoms with van der Waals surface area (Å²) < 4.78 is 1.88. The van der Waals surface area contributed by atoms with Gasteiger partial charge in [0.1, 0.15) is 5.75 Å². The first-order valence-corrected chi connectivity index (χ1v) is 8.12. The van der Waals surface area contributed by atoms with Gasteiger partial charge in [-0.3, -0.25) is 4.79 Å². The third-order valence-electron chi connectivity index (χ3n) is 4.17. The van der Waals surface area contributed by atoms with Gasteiger partial charge >= 0.3 is 0 Å². The maximum atomic E-state index is 13.0. The molecule has 0 aliphatic carbocycles. The number of hydrogen-bond acceptors (Lipinski definition) is 2. The van der Waals surface area contributed by atoms with Crippen molar-refractivity contribution in [1.29, 1.82) is 0 Å². The lowest BCUT2D eigenvalue weighted by Gasteiger charge is -2.13. The zero-order valence-corrected chi connectivity index (χ0v) is 13.3. The molecule has 1 heterocycles. The molecule has 0 radical (unpaired) electrons. The summed E-state index contributed by atoms with van der Waals surface area (Å²) in [7, 11) is 0. The van der Waals surface area contributed by atoms with Crippen LogP contribution in [-0.2, 0) is 6.54 Å². The highest BCUT2D eigenvalue weighted by Crippen LogP contribution is 2.23. The number of nitrogens with zero attached hydrogens (tertiary/aromatic N) is 1. The van der Waals surface area contributed by atoms with Gasteiger partial charge in [0, 0.05) is 12.1 Å². The molecule has 0 saturated heterocycles. The van der Waals surface area contributed by atoms with Crippen molar-refractivity contribution in [3.63, 3.8) is 0 Å². The minimum Gasteiger partial charge on any atom is -0.508 e. The number of unbranched alkanes of at least 4 members (excludes halogenated alkanes) is 2. The summed E-state index contributed by atoms with van der Waals surface area (Å²) in [6, 6.07) is 16.8. The fraction of sp³-hybridized carbons (Fsp3) is 0.250. The largest absolute Gasteiger partial charge is 0.508 e. The zero-order chi connectivity index (χ0) is 16.2. The topological polar surface area (TPSA) is 42.2 Å². The van der Waals surface area contributed by atoms with Crippen molar-refractivity contribution >= 4 is 10.9 Å². The van der Waals surface area contributed by atoms with E-state index in [4.69, 9.17) is 0 Å². The van der Waals surface area contributed by atoms with E-state index in [0.717, 1.165) is 42.3 Å². The quantitative estimate of drug-likeness (QED) is 0.702. The van der Waals surface area contributed by atoms with Gasteiger partial charge in [0.2, 0.25) is 0 Å². The summed E-state index contributed by atoms with van der Waals surface area (Å²) in [5.74, 6) is 0.206. The molecule has 0 bridgehead atoms. The molecule has 1 N–H and O–H groups in total. The highest BCUT2D eigenvalue weighted by molar-refractivity contribution is 5.84. The average Bonchev–Trinajstić information content (AvgIpc) is 2.57. The Labute approximate surface area is 135 Å². The number of phenolic OH excluding ortho intramolecular Hbond substituents is 1. The van der Waals surface area contributed by atoms with E-state index in [1.54, 1.807) is 24.3 Å². The number of rotatable bonds is 5. The minimum atomic E-state index is 0.0329. The van der Waals surface area contributed by atoms with Gasteiger partial charge in [0.05, 0.1) is 5.52 Å². The molecular weight excluding hydrogens is 286 g/mol. The number of hydrogen-bond donors (Lipinski definition) is 1. The molecule has 0 fully saturated rings. The van der Waals surface area contributed by atoms with Gasteiger partial charge in [0.25, 0.3) is 5.56 Å². The minimum absolute atomic E-state index is 0.0329. The first-order chi connectivity index (χ1) is 11.2. The summed E-state index contributed by atoms with van der Waals surface area (Å²) in [4.78, 5) is 13.0. The molecule has 0 aliphatic rings. The van der Waals surface area contributed by atoms with Gasteiger partial charge in [-0.1, -0.05) is 50.1 Å². The van der Waals surface area contributed by atoms with Crippen molar-refractivity contribution in [1.82, 2.24) is 4.57 Å². The standard InChI is InChI=1S/C20H21NO2/c1-2-3-6-13-21-19-8-5-4-7-16(19)14-18(20(21)23)15-9-11-17(22)12-10-15/h4-5,7-12,14,22H,2-3,6,13H2,1H3. The van der Waals surface area contributed by atoms with Crippen LogP contribution in [0.15, 0.2) is 59.4 Å². The van der Waals surface area contributed by atoms with Crippen molar-refractivity contribution < 1.29 is 5.11 Å². The molecule has 0 saturated carbocycles. The molecule has 23 heavy (non-hydrogen) atoms.